The van der Waals surface area contributed by atoms with E-state index in [2.05, 4.69) is 16.0 Å². The molecule has 0 bridgehead atoms. The van der Waals surface area contributed by atoms with Crippen LogP contribution < -0.4 is 0 Å². The van der Waals surface area contributed by atoms with E-state index in [4.69, 9.17) is 5.26 Å². The van der Waals surface area contributed by atoms with Crippen LogP contribution in [0, 0.1) is 17.2 Å². The number of hydrogen-bond donors (Lipinski definition) is 0. The van der Waals surface area contributed by atoms with Crippen molar-refractivity contribution in [2.75, 3.05) is 0 Å². The fourth-order valence-electron chi connectivity index (χ4n) is 3.07. The van der Waals surface area contributed by atoms with E-state index in [1.54, 1.807) is 36.5 Å². The first-order valence-electron chi connectivity index (χ1n) is 9.95. The highest BCUT2D eigenvalue weighted by Gasteiger charge is 2.14. The molecule has 1 aromatic carbocycles. The SMILES string of the molecule is CC(C)CC(=O)c1cccc(C(=O)CCc2ccc(-c3ccc(C#N)cc3)nc2)n1. The minimum Gasteiger partial charge on any atom is -0.292 e. The van der Waals surface area contributed by atoms with Gasteiger partial charge in [-0.3, -0.25) is 14.6 Å². The molecule has 2 aromatic heterocycles. The van der Waals surface area contributed by atoms with Gasteiger partial charge in [0.15, 0.2) is 11.6 Å². The summed E-state index contributed by atoms with van der Waals surface area (Å²) in [6, 6.07) is 18.2. The molecule has 0 unspecified atom stereocenters. The quantitative estimate of drug-likeness (QED) is 0.496. The van der Waals surface area contributed by atoms with Gasteiger partial charge in [-0.2, -0.15) is 5.26 Å². The summed E-state index contributed by atoms with van der Waals surface area (Å²) >= 11 is 0. The van der Waals surface area contributed by atoms with Gasteiger partial charge >= 0.3 is 0 Å². The Hall–Kier alpha value is -3.65. The van der Waals surface area contributed by atoms with Gasteiger partial charge in [0, 0.05) is 24.6 Å². The van der Waals surface area contributed by atoms with Crippen LogP contribution in [0.5, 0.6) is 0 Å². The number of nitriles is 1. The van der Waals surface area contributed by atoms with E-state index in [0.29, 0.717) is 36.2 Å². The first-order valence-corrected chi connectivity index (χ1v) is 9.95. The Kier molecular flexibility index (Phi) is 6.82. The highest BCUT2D eigenvalue weighted by atomic mass is 16.1. The second-order valence-electron chi connectivity index (χ2n) is 7.59. The van der Waals surface area contributed by atoms with E-state index < -0.39 is 0 Å². The lowest BCUT2D eigenvalue weighted by Gasteiger charge is -2.06. The molecule has 0 aliphatic rings. The maximum Gasteiger partial charge on any atom is 0.181 e. The predicted octanol–water partition coefficient (Wildman–Crippen LogP) is 5.06. The van der Waals surface area contributed by atoms with Gasteiger partial charge in [-0.25, -0.2) is 4.98 Å². The molecule has 2 heterocycles. The molecule has 0 spiro atoms. The lowest BCUT2D eigenvalue weighted by Crippen LogP contribution is -2.10. The number of rotatable bonds is 8. The van der Waals surface area contributed by atoms with Crippen LogP contribution in [0.2, 0.25) is 0 Å². The number of nitrogens with zero attached hydrogens (tertiary/aromatic N) is 3. The molecule has 0 N–H and O–H groups in total. The van der Waals surface area contributed by atoms with Crippen molar-refractivity contribution in [3.8, 4) is 17.3 Å². The number of hydrogen-bond acceptors (Lipinski definition) is 5. The molecule has 0 saturated carbocycles. The van der Waals surface area contributed by atoms with Crippen molar-refractivity contribution in [3.05, 3.63) is 83.3 Å². The van der Waals surface area contributed by atoms with E-state index >= 15 is 0 Å². The van der Waals surface area contributed by atoms with Crippen LogP contribution in [0.3, 0.4) is 0 Å². The Morgan fingerprint density at radius 2 is 1.67 bits per heavy atom. The van der Waals surface area contributed by atoms with Crippen LogP contribution in [0.15, 0.2) is 60.8 Å². The number of benzene rings is 1. The molecule has 0 aliphatic carbocycles. The Balaban J connectivity index is 1.62. The van der Waals surface area contributed by atoms with E-state index in [-0.39, 0.29) is 17.5 Å². The van der Waals surface area contributed by atoms with E-state index in [1.807, 2.05) is 38.1 Å². The van der Waals surface area contributed by atoms with Gasteiger partial charge in [0.25, 0.3) is 0 Å². The van der Waals surface area contributed by atoms with Crippen molar-refractivity contribution in [2.45, 2.75) is 33.1 Å². The van der Waals surface area contributed by atoms with Crippen molar-refractivity contribution < 1.29 is 9.59 Å². The Morgan fingerprint density at radius 1 is 0.967 bits per heavy atom. The fraction of sp³-hybridized carbons (Fsp3) is 0.240. The molecule has 5 heteroatoms. The molecule has 0 radical (unpaired) electrons. The highest BCUT2D eigenvalue weighted by molar-refractivity contribution is 5.98. The third-order valence-electron chi connectivity index (χ3n) is 4.69. The third-order valence-corrected chi connectivity index (χ3v) is 4.69. The molecular weight excluding hydrogens is 374 g/mol. The molecule has 0 atom stereocenters. The molecule has 0 fully saturated rings. The van der Waals surface area contributed by atoms with Gasteiger partial charge in [-0.15, -0.1) is 0 Å². The third kappa shape index (κ3) is 5.45. The van der Waals surface area contributed by atoms with E-state index in [0.717, 1.165) is 16.8 Å². The predicted molar refractivity (Wildman–Crippen MR) is 115 cm³/mol. The lowest BCUT2D eigenvalue weighted by molar-refractivity contribution is 0.0962. The van der Waals surface area contributed by atoms with E-state index in [1.165, 1.54) is 0 Å². The van der Waals surface area contributed by atoms with Gasteiger partial charge in [-0.1, -0.05) is 38.1 Å². The summed E-state index contributed by atoms with van der Waals surface area (Å²) in [5, 5.41) is 8.88. The standard InChI is InChI=1S/C25H23N3O2/c1-17(2)14-25(30)23-5-3-4-22(28-23)24(29)13-9-19-8-12-21(27-16-19)20-10-6-18(15-26)7-11-20/h3-8,10-12,16-17H,9,13-14H2,1-2H3. The monoisotopic (exact) mass is 397 g/mol. The number of aryl methyl sites for hydroxylation is 1. The van der Waals surface area contributed by atoms with Crippen LogP contribution in [0.25, 0.3) is 11.3 Å². The van der Waals surface area contributed by atoms with Crippen molar-refractivity contribution >= 4 is 11.6 Å². The first kappa shape index (κ1) is 21.1. The second kappa shape index (κ2) is 9.71. The zero-order valence-corrected chi connectivity index (χ0v) is 17.1. The number of Topliss-reactive ketones (excluding diaryl/α,β-unsaturated/α-hetero) is 2. The number of pyridine rings is 2. The molecule has 0 aliphatic heterocycles. The molecule has 5 nitrogen and oxygen atoms in total. The van der Waals surface area contributed by atoms with Gasteiger partial charge in [0.05, 0.1) is 17.3 Å². The smallest absolute Gasteiger partial charge is 0.181 e. The van der Waals surface area contributed by atoms with Gasteiger partial charge < -0.3 is 0 Å². The summed E-state index contributed by atoms with van der Waals surface area (Å²) in [6.45, 7) is 3.96. The average molecular weight is 397 g/mol. The van der Waals surface area contributed by atoms with Crippen molar-refractivity contribution in [1.29, 1.82) is 5.26 Å². The van der Waals surface area contributed by atoms with Crippen molar-refractivity contribution in [1.82, 2.24) is 9.97 Å². The summed E-state index contributed by atoms with van der Waals surface area (Å²) in [4.78, 5) is 33.5. The molecule has 150 valence electrons. The average Bonchev–Trinajstić information content (AvgIpc) is 2.77. The highest BCUT2D eigenvalue weighted by Crippen LogP contribution is 2.18. The van der Waals surface area contributed by atoms with Crippen LogP contribution in [-0.2, 0) is 6.42 Å². The maximum atomic E-state index is 12.5. The Labute approximate surface area is 176 Å². The number of carbonyl (C=O) groups is 2. The van der Waals surface area contributed by atoms with Crippen LogP contribution in [-0.4, -0.2) is 21.5 Å². The van der Waals surface area contributed by atoms with Gasteiger partial charge in [-0.05, 0) is 48.2 Å². The van der Waals surface area contributed by atoms with Gasteiger partial charge in [0.2, 0.25) is 0 Å². The van der Waals surface area contributed by atoms with E-state index in [9.17, 15) is 9.59 Å². The minimum atomic E-state index is -0.0923. The minimum absolute atomic E-state index is 0.0396. The summed E-state index contributed by atoms with van der Waals surface area (Å²) < 4.78 is 0. The summed E-state index contributed by atoms with van der Waals surface area (Å²) in [6.07, 6.45) is 3.02. The molecule has 0 amide bonds. The topological polar surface area (TPSA) is 83.7 Å². The first-order chi connectivity index (χ1) is 14.5. The van der Waals surface area contributed by atoms with Crippen LogP contribution in [0.1, 0.15) is 58.8 Å². The zero-order valence-electron chi connectivity index (χ0n) is 17.1. The largest absolute Gasteiger partial charge is 0.292 e. The maximum absolute atomic E-state index is 12.5. The zero-order chi connectivity index (χ0) is 21.5. The number of carbonyl (C=O) groups excluding carboxylic acids is 2. The van der Waals surface area contributed by atoms with Crippen molar-refractivity contribution in [2.24, 2.45) is 5.92 Å². The molecule has 3 rings (SSSR count). The van der Waals surface area contributed by atoms with Crippen molar-refractivity contribution in [3.63, 3.8) is 0 Å². The lowest BCUT2D eigenvalue weighted by atomic mass is 10.0. The summed E-state index contributed by atoms with van der Waals surface area (Å²) in [7, 11) is 0. The second-order valence-corrected chi connectivity index (χ2v) is 7.59. The number of aromatic nitrogens is 2. The normalized spacial score (nSPS) is 10.6. The Bertz CT molecular complexity index is 1080. The molecular formula is C25H23N3O2. The summed E-state index contributed by atoms with van der Waals surface area (Å²) in [5.74, 6) is 0.117. The van der Waals surface area contributed by atoms with Crippen LogP contribution >= 0.6 is 0 Å². The van der Waals surface area contributed by atoms with Gasteiger partial charge in [0.1, 0.15) is 11.4 Å². The molecule has 30 heavy (non-hydrogen) atoms. The molecule has 3 aromatic rings. The molecule has 0 saturated heterocycles. The van der Waals surface area contributed by atoms with Crippen LogP contribution in [0.4, 0.5) is 0 Å². The fourth-order valence-corrected chi connectivity index (χ4v) is 3.07. The number of ketones is 2. The summed E-state index contributed by atoms with van der Waals surface area (Å²) in [5.41, 5.74) is 3.98. The Morgan fingerprint density at radius 3 is 2.27 bits per heavy atom.